The Labute approximate surface area is 117 Å². The second-order valence-corrected chi connectivity index (χ2v) is 4.84. The van der Waals surface area contributed by atoms with Gasteiger partial charge in [0.2, 0.25) is 0 Å². The number of hydrogen-bond donors (Lipinski definition) is 2. The number of aliphatic hydroxyl groups is 1. The highest BCUT2D eigenvalue weighted by atomic mass is 16.4. The largest absolute Gasteiger partial charge is 0.478 e. The van der Waals surface area contributed by atoms with E-state index in [2.05, 4.69) is 0 Å². The molecule has 5 nitrogen and oxygen atoms in total. The second-order valence-electron chi connectivity index (χ2n) is 4.84. The maximum absolute atomic E-state index is 12.2. The van der Waals surface area contributed by atoms with E-state index in [9.17, 15) is 14.7 Å². The molecule has 1 aliphatic rings. The molecule has 0 spiro atoms. The van der Waals surface area contributed by atoms with Crippen LogP contribution in [0.4, 0.5) is 0 Å². The predicted molar refractivity (Wildman–Crippen MR) is 74.3 cm³/mol. The molecule has 20 heavy (non-hydrogen) atoms. The first-order valence-corrected chi connectivity index (χ1v) is 6.54. The van der Waals surface area contributed by atoms with Crippen molar-refractivity contribution in [3.05, 3.63) is 41.5 Å². The van der Waals surface area contributed by atoms with E-state index < -0.39 is 12.1 Å². The van der Waals surface area contributed by atoms with Crippen LogP contribution >= 0.6 is 0 Å². The third-order valence-corrected chi connectivity index (χ3v) is 3.26. The van der Waals surface area contributed by atoms with E-state index in [1.54, 1.807) is 29.2 Å². The maximum Gasteiger partial charge on any atom is 0.328 e. The molecule has 0 bridgehead atoms. The molecule has 1 aliphatic heterocycles. The number of nitrogens with zero attached hydrogens (tertiary/aromatic N) is 1. The van der Waals surface area contributed by atoms with Gasteiger partial charge >= 0.3 is 5.97 Å². The van der Waals surface area contributed by atoms with Crippen LogP contribution in [-0.4, -0.2) is 46.2 Å². The van der Waals surface area contributed by atoms with Crippen molar-refractivity contribution >= 4 is 18.0 Å². The summed E-state index contributed by atoms with van der Waals surface area (Å²) >= 11 is 0. The van der Waals surface area contributed by atoms with Crippen LogP contribution in [0.3, 0.4) is 0 Å². The Balaban J connectivity index is 2.05. The lowest BCUT2D eigenvalue weighted by molar-refractivity contribution is -0.131. The first-order valence-electron chi connectivity index (χ1n) is 6.54. The van der Waals surface area contributed by atoms with Gasteiger partial charge in [-0.1, -0.05) is 12.1 Å². The summed E-state index contributed by atoms with van der Waals surface area (Å²) in [6.45, 7) is 1.04. The fourth-order valence-electron chi connectivity index (χ4n) is 2.23. The lowest BCUT2D eigenvalue weighted by Gasteiger charge is -2.30. The smallest absolute Gasteiger partial charge is 0.328 e. The molecule has 1 unspecified atom stereocenters. The van der Waals surface area contributed by atoms with Crippen molar-refractivity contribution in [3.63, 3.8) is 0 Å². The van der Waals surface area contributed by atoms with E-state index in [4.69, 9.17) is 5.11 Å². The Morgan fingerprint density at radius 1 is 1.25 bits per heavy atom. The summed E-state index contributed by atoms with van der Waals surface area (Å²) in [6, 6.07) is 6.75. The number of aliphatic carboxylic acids is 1. The zero-order valence-electron chi connectivity index (χ0n) is 11.0. The molecule has 1 heterocycles. The summed E-state index contributed by atoms with van der Waals surface area (Å²) < 4.78 is 0. The molecule has 1 aromatic carbocycles. The van der Waals surface area contributed by atoms with Gasteiger partial charge in [0.15, 0.2) is 0 Å². The number of benzene rings is 1. The molecule has 1 amide bonds. The maximum atomic E-state index is 12.2. The number of hydrogen-bond acceptors (Lipinski definition) is 3. The summed E-state index contributed by atoms with van der Waals surface area (Å²) in [7, 11) is 0. The number of piperidine rings is 1. The molecule has 0 aliphatic carbocycles. The number of carboxylic acid groups (broad SMARTS) is 1. The molecule has 2 rings (SSSR count). The molecule has 1 saturated heterocycles. The highest BCUT2D eigenvalue weighted by Crippen LogP contribution is 2.14. The number of β-amino-alcohol motifs (C(OH)–C–C–N with tert-alkyl or cyclic N) is 1. The Morgan fingerprint density at radius 3 is 2.55 bits per heavy atom. The Bertz CT molecular complexity index is 521. The van der Waals surface area contributed by atoms with Gasteiger partial charge < -0.3 is 15.1 Å². The molecule has 1 fully saturated rings. The van der Waals surface area contributed by atoms with Gasteiger partial charge in [0.1, 0.15) is 0 Å². The van der Waals surface area contributed by atoms with E-state index in [0.29, 0.717) is 18.7 Å². The van der Waals surface area contributed by atoms with E-state index in [0.717, 1.165) is 24.5 Å². The van der Waals surface area contributed by atoms with Crippen LogP contribution in [0.2, 0.25) is 0 Å². The van der Waals surface area contributed by atoms with Gasteiger partial charge in [0.25, 0.3) is 5.91 Å². The molecular weight excluding hydrogens is 258 g/mol. The predicted octanol–water partition coefficient (Wildman–Crippen LogP) is 1.38. The van der Waals surface area contributed by atoms with Gasteiger partial charge in [-0.3, -0.25) is 4.79 Å². The van der Waals surface area contributed by atoms with E-state index in [1.807, 2.05) is 0 Å². The van der Waals surface area contributed by atoms with E-state index in [-0.39, 0.29) is 5.91 Å². The van der Waals surface area contributed by atoms with Crippen molar-refractivity contribution in [2.45, 2.75) is 18.9 Å². The average Bonchev–Trinajstić information content (AvgIpc) is 2.45. The van der Waals surface area contributed by atoms with Gasteiger partial charge in [0, 0.05) is 24.7 Å². The van der Waals surface area contributed by atoms with Crippen molar-refractivity contribution in [2.24, 2.45) is 0 Å². The lowest BCUT2D eigenvalue weighted by atomic mass is 10.1. The Kier molecular flexibility index (Phi) is 4.53. The number of likely N-dealkylation sites (tertiary alicyclic amines) is 1. The first-order chi connectivity index (χ1) is 9.56. The first kappa shape index (κ1) is 14.3. The minimum absolute atomic E-state index is 0.0995. The van der Waals surface area contributed by atoms with Crippen molar-refractivity contribution in [1.82, 2.24) is 4.90 Å². The molecule has 0 radical (unpaired) electrons. The van der Waals surface area contributed by atoms with Crippen LogP contribution in [0, 0.1) is 0 Å². The molecule has 1 atom stereocenters. The second kappa shape index (κ2) is 6.34. The van der Waals surface area contributed by atoms with Crippen molar-refractivity contribution in [2.75, 3.05) is 13.1 Å². The van der Waals surface area contributed by atoms with E-state index >= 15 is 0 Å². The number of amides is 1. The van der Waals surface area contributed by atoms with Crippen LogP contribution in [0.1, 0.15) is 28.8 Å². The number of carbonyl (C=O) groups is 2. The third kappa shape index (κ3) is 3.68. The van der Waals surface area contributed by atoms with Gasteiger partial charge in [-0.05, 0) is 36.6 Å². The van der Waals surface area contributed by atoms with Crippen molar-refractivity contribution in [3.8, 4) is 0 Å². The third-order valence-electron chi connectivity index (χ3n) is 3.26. The molecule has 1 aromatic rings. The summed E-state index contributed by atoms with van der Waals surface area (Å²) in [6.07, 6.45) is 3.64. The molecule has 106 valence electrons. The zero-order chi connectivity index (χ0) is 14.5. The zero-order valence-corrected chi connectivity index (χ0v) is 11.0. The quantitative estimate of drug-likeness (QED) is 0.817. The van der Waals surface area contributed by atoms with Gasteiger partial charge in [-0.15, -0.1) is 0 Å². The summed E-state index contributed by atoms with van der Waals surface area (Å²) in [5, 5.41) is 18.1. The van der Waals surface area contributed by atoms with Crippen LogP contribution in [-0.2, 0) is 4.79 Å². The van der Waals surface area contributed by atoms with Crippen LogP contribution in [0.25, 0.3) is 6.08 Å². The average molecular weight is 275 g/mol. The molecule has 2 N–H and O–H groups in total. The van der Waals surface area contributed by atoms with Crippen LogP contribution in [0.5, 0.6) is 0 Å². The van der Waals surface area contributed by atoms with E-state index in [1.165, 1.54) is 6.08 Å². The van der Waals surface area contributed by atoms with Crippen LogP contribution < -0.4 is 0 Å². The van der Waals surface area contributed by atoms with Crippen LogP contribution in [0.15, 0.2) is 30.3 Å². The molecular formula is C15H17NO4. The normalized spacial score (nSPS) is 19.2. The Hall–Kier alpha value is -2.14. The van der Waals surface area contributed by atoms with Gasteiger partial charge in [-0.2, -0.15) is 0 Å². The minimum Gasteiger partial charge on any atom is -0.478 e. The summed E-state index contributed by atoms with van der Waals surface area (Å²) in [5.74, 6) is -1.11. The number of aliphatic hydroxyl groups excluding tert-OH is 1. The highest BCUT2D eigenvalue weighted by molar-refractivity contribution is 5.94. The standard InChI is InChI=1S/C15H17NO4/c17-13-2-1-9-16(10-13)15(20)12-6-3-11(4-7-12)5-8-14(18)19/h3-8,13,17H,1-2,9-10H2,(H,18,19). The lowest BCUT2D eigenvalue weighted by Crippen LogP contribution is -2.42. The molecule has 0 saturated carbocycles. The number of carbonyl (C=O) groups excluding carboxylic acids is 1. The number of rotatable bonds is 3. The fourth-order valence-corrected chi connectivity index (χ4v) is 2.23. The van der Waals surface area contributed by atoms with Gasteiger partial charge in [0.05, 0.1) is 6.10 Å². The van der Waals surface area contributed by atoms with Crippen molar-refractivity contribution < 1.29 is 19.8 Å². The van der Waals surface area contributed by atoms with Crippen molar-refractivity contribution in [1.29, 1.82) is 0 Å². The molecule has 5 heteroatoms. The number of carboxylic acids is 1. The summed E-state index contributed by atoms with van der Waals surface area (Å²) in [4.78, 5) is 24.3. The highest BCUT2D eigenvalue weighted by Gasteiger charge is 2.22. The summed E-state index contributed by atoms with van der Waals surface area (Å²) in [5.41, 5.74) is 1.27. The topological polar surface area (TPSA) is 77.8 Å². The van der Waals surface area contributed by atoms with Gasteiger partial charge in [-0.25, -0.2) is 4.79 Å². The Morgan fingerprint density at radius 2 is 1.95 bits per heavy atom. The minimum atomic E-state index is -1.01. The fraction of sp³-hybridized carbons (Fsp3) is 0.333. The molecule has 0 aromatic heterocycles. The SMILES string of the molecule is O=C(O)C=Cc1ccc(C(=O)N2CCCC(O)C2)cc1. The monoisotopic (exact) mass is 275 g/mol.